The van der Waals surface area contributed by atoms with E-state index in [9.17, 15) is 26.4 Å². The van der Waals surface area contributed by atoms with Gasteiger partial charge in [0, 0.05) is 50.7 Å². The van der Waals surface area contributed by atoms with Gasteiger partial charge in [0.2, 0.25) is 10.0 Å². The van der Waals surface area contributed by atoms with Crippen LogP contribution in [-0.2, 0) is 35.7 Å². The number of benzene rings is 2. The van der Waals surface area contributed by atoms with Gasteiger partial charge in [-0.1, -0.05) is 35.5 Å². The van der Waals surface area contributed by atoms with Gasteiger partial charge in [0.05, 0.1) is 10.5 Å². The van der Waals surface area contributed by atoms with Crippen molar-refractivity contribution >= 4 is 15.9 Å². The van der Waals surface area contributed by atoms with Crippen LogP contribution >= 0.6 is 0 Å². The van der Waals surface area contributed by atoms with E-state index in [0.717, 1.165) is 17.7 Å². The molecule has 1 unspecified atom stereocenters. The van der Waals surface area contributed by atoms with Crippen molar-refractivity contribution in [3.05, 3.63) is 82.7 Å². The summed E-state index contributed by atoms with van der Waals surface area (Å²) in [6.45, 7) is 1.88. The summed E-state index contributed by atoms with van der Waals surface area (Å²) in [4.78, 5) is 15.3. The number of likely N-dealkylation sites (tertiary alicyclic amines) is 1. The van der Waals surface area contributed by atoms with E-state index in [-0.39, 0.29) is 29.7 Å². The zero-order valence-electron chi connectivity index (χ0n) is 19.7. The molecular weight excluding hydrogens is 509 g/mol. The molecule has 1 amide bonds. The lowest BCUT2D eigenvalue weighted by atomic mass is 10.1. The van der Waals surface area contributed by atoms with Crippen LogP contribution in [0.3, 0.4) is 0 Å². The lowest BCUT2D eigenvalue weighted by Crippen LogP contribution is -2.39. The average Bonchev–Trinajstić information content (AvgIpc) is 3.50. The fraction of sp³-hybridized carbons (Fsp3) is 0.360. The first-order valence-corrected chi connectivity index (χ1v) is 13.3. The van der Waals surface area contributed by atoms with E-state index >= 15 is 0 Å². The normalized spacial score (nSPS) is 19.1. The fourth-order valence-electron chi connectivity index (χ4n) is 4.71. The number of halogens is 3. The number of carbonyl (C=O) groups excluding carboxylic acids is 1. The van der Waals surface area contributed by atoms with Crippen molar-refractivity contribution in [3.8, 4) is 0 Å². The largest absolute Gasteiger partial charge is 0.416 e. The number of sulfonamides is 1. The third-order valence-electron chi connectivity index (χ3n) is 6.68. The fourth-order valence-corrected chi connectivity index (χ4v) is 6.14. The summed E-state index contributed by atoms with van der Waals surface area (Å²) in [7, 11) is -3.73. The van der Waals surface area contributed by atoms with Crippen LogP contribution in [0.2, 0.25) is 0 Å². The highest BCUT2D eigenvalue weighted by atomic mass is 32.2. The second kappa shape index (κ2) is 9.92. The Morgan fingerprint density at radius 3 is 2.51 bits per heavy atom. The molecule has 3 aromatic rings. The summed E-state index contributed by atoms with van der Waals surface area (Å²) in [6.07, 6.45) is -3.39. The predicted molar refractivity (Wildman–Crippen MR) is 127 cm³/mol. The minimum atomic E-state index is -4.37. The van der Waals surface area contributed by atoms with E-state index in [4.69, 9.17) is 4.52 Å². The first-order valence-electron chi connectivity index (χ1n) is 11.8. The van der Waals surface area contributed by atoms with Crippen molar-refractivity contribution in [3.63, 3.8) is 0 Å². The number of aromatic nitrogens is 1. The number of nitrogens with zero attached hydrogens (tertiary/aromatic N) is 3. The highest BCUT2D eigenvalue weighted by Crippen LogP contribution is 2.30. The third kappa shape index (κ3) is 5.41. The predicted octanol–water partition coefficient (Wildman–Crippen LogP) is 3.44. The molecule has 8 nitrogen and oxygen atoms in total. The van der Waals surface area contributed by atoms with Crippen molar-refractivity contribution in [1.82, 2.24) is 19.7 Å². The highest BCUT2D eigenvalue weighted by Gasteiger charge is 2.35. The van der Waals surface area contributed by atoms with Crippen LogP contribution in [0.15, 0.2) is 64.0 Å². The van der Waals surface area contributed by atoms with Crippen molar-refractivity contribution in [2.24, 2.45) is 0 Å². The van der Waals surface area contributed by atoms with Crippen molar-refractivity contribution in [2.45, 2.75) is 43.0 Å². The summed E-state index contributed by atoms with van der Waals surface area (Å²) >= 11 is 0. The summed E-state index contributed by atoms with van der Waals surface area (Å²) in [5, 5.41) is 6.87. The van der Waals surface area contributed by atoms with E-state index in [0.29, 0.717) is 43.8 Å². The standard InChI is InChI=1S/C25H25F3N4O4S/c26-25(27,28)18-8-6-17(7-9-18)14-31-12-10-19(15-31)29-24(33)23-21-16-32(13-11-22(21)36-30-23)37(34,35)20-4-2-1-3-5-20/h1-9,19H,10-16H2,(H,29,33). The van der Waals surface area contributed by atoms with Crippen LogP contribution < -0.4 is 5.32 Å². The van der Waals surface area contributed by atoms with Crippen LogP contribution in [-0.4, -0.2) is 54.4 Å². The molecule has 5 rings (SSSR count). The van der Waals surface area contributed by atoms with Crippen molar-refractivity contribution < 1.29 is 30.9 Å². The molecule has 2 aliphatic rings. The minimum absolute atomic E-state index is 0.0104. The lowest BCUT2D eigenvalue weighted by Gasteiger charge is -2.25. The zero-order chi connectivity index (χ0) is 26.2. The molecule has 12 heteroatoms. The lowest BCUT2D eigenvalue weighted by molar-refractivity contribution is -0.137. The Hall–Kier alpha value is -3.22. The molecule has 0 bridgehead atoms. The third-order valence-corrected chi connectivity index (χ3v) is 8.54. The van der Waals surface area contributed by atoms with Crippen LogP contribution in [0.25, 0.3) is 0 Å². The van der Waals surface area contributed by atoms with E-state index in [1.165, 1.54) is 28.6 Å². The highest BCUT2D eigenvalue weighted by molar-refractivity contribution is 7.89. The molecule has 196 valence electrons. The Balaban J connectivity index is 1.21. The van der Waals surface area contributed by atoms with Crippen LogP contribution in [0, 0.1) is 0 Å². The molecule has 0 aliphatic carbocycles. The number of rotatable bonds is 6. The zero-order valence-corrected chi connectivity index (χ0v) is 20.6. The number of carbonyl (C=O) groups is 1. The van der Waals surface area contributed by atoms with Crippen molar-refractivity contribution in [1.29, 1.82) is 0 Å². The van der Waals surface area contributed by atoms with Gasteiger partial charge in [-0.2, -0.15) is 17.5 Å². The van der Waals surface area contributed by atoms with E-state index in [2.05, 4.69) is 15.4 Å². The molecule has 0 spiro atoms. The minimum Gasteiger partial charge on any atom is -0.360 e. The smallest absolute Gasteiger partial charge is 0.360 e. The van der Waals surface area contributed by atoms with Gasteiger partial charge in [-0.15, -0.1) is 0 Å². The molecule has 2 aromatic carbocycles. The van der Waals surface area contributed by atoms with Gasteiger partial charge in [0.25, 0.3) is 5.91 Å². The van der Waals surface area contributed by atoms with Gasteiger partial charge < -0.3 is 9.84 Å². The number of alkyl halides is 3. The Labute approximate surface area is 212 Å². The van der Waals surface area contributed by atoms with Crippen molar-refractivity contribution in [2.75, 3.05) is 19.6 Å². The molecule has 0 saturated carbocycles. The first-order chi connectivity index (χ1) is 17.6. The molecule has 1 atom stereocenters. The molecule has 1 fully saturated rings. The second-order valence-corrected chi connectivity index (χ2v) is 11.2. The molecule has 3 heterocycles. The van der Waals surface area contributed by atoms with Gasteiger partial charge >= 0.3 is 6.18 Å². The first kappa shape index (κ1) is 25.4. The molecule has 1 saturated heterocycles. The molecule has 2 aliphatic heterocycles. The summed E-state index contributed by atoms with van der Waals surface area (Å²) in [5.41, 5.74) is 0.603. The van der Waals surface area contributed by atoms with Crippen LogP contribution in [0.4, 0.5) is 13.2 Å². The molecular formula is C25H25F3N4O4S. The topological polar surface area (TPSA) is 95.8 Å². The number of nitrogens with one attached hydrogen (secondary N) is 1. The Morgan fingerprint density at radius 1 is 1.08 bits per heavy atom. The van der Waals surface area contributed by atoms with Crippen LogP contribution in [0.1, 0.15) is 39.4 Å². The maximum Gasteiger partial charge on any atom is 0.416 e. The van der Waals surface area contributed by atoms with Gasteiger partial charge in [-0.3, -0.25) is 9.69 Å². The van der Waals surface area contributed by atoms with E-state index in [1.54, 1.807) is 18.2 Å². The van der Waals surface area contributed by atoms with E-state index in [1.807, 2.05) is 0 Å². The number of hydrogen-bond donors (Lipinski definition) is 1. The SMILES string of the molecule is O=C(NC1CCN(Cc2ccc(C(F)(F)F)cc2)C1)c1noc2c1CN(S(=O)(=O)c1ccccc1)CC2. The maximum absolute atomic E-state index is 13.0. The number of amides is 1. The second-order valence-electron chi connectivity index (χ2n) is 9.22. The van der Waals surface area contributed by atoms with E-state index < -0.39 is 27.7 Å². The Kier molecular flexibility index (Phi) is 6.82. The quantitative estimate of drug-likeness (QED) is 0.521. The maximum atomic E-state index is 13.0. The van der Waals surface area contributed by atoms with Gasteiger partial charge in [0.15, 0.2) is 5.69 Å². The molecule has 1 N–H and O–H groups in total. The van der Waals surface area contributed by atoms with Gasteiger partial charge in [-0.05, 0) is 36.2 Å². The Bertz CT molecular complexity index is 1380. The molecule has 37 heavy (non-hydrogen) atoms. The van der Waals surface area contributed by atoms with Gasteiger partial charge in [-0.25, -0.2) is 8.42 Å². The summed E-state index contributed by atoms with van der Waals surface area (Å²) < 4.78 is 71.1. The monoisotopic (exact) mass is 534 g/mol. The number of fused-ring (bicyclic) bond motifs is 1. The molecule has 1 aromatic heterocycles. The average molecular weight is 535 g/mol. The molecule has 0 radical (unpaired) electrons. The summed E-state index contributed by atoms with van der Waals surface area (Å²) in [5.74, 6) is 0.0605. The van der Waals surface area contributed by atoms with Gasteiger partial charge in [0.1, 0.15) is 5.76 Å². The summed E-state index contributed by atoms with van der Waals surface area (Å²) in [6, 6.07) is 13.0. The Morgan fingerprint density at radius 2 is 1.81 bits per heavy atom. The van der Waals surface area contributed by atoms with Crippen LogP contribution in [0.5, 0.6) is 0 Å². The number of hydrogen-bond acceptors (Lipinski definition) is 6.